The summed E-state index contributed by atoms with van der Waals surface area (Å²) in [7, 11) is 0. The molecule has 0 bridgehead atoms. The molecule has 2 rings (SSSR count). The predicted molar refractivity (Wildman–Crippen MR) is 56.6 cm³/mol. The second kappa shape index (κ2) is 4.11. The van der Waals surface area contributed by atoms with Crippen molar-refractivity contribution >= 4 is 11.8 Å². The van der Waals surface area contributed by atoms with Crippen molar-refractivity contribution in [3.63, 3.8) is 0 Å². The molecule has 1 saturated heterocycles. The SMILES string of the molecule is NCc1cncc(C2CCCS2)c1. The monoisotopic (exact) mass is 194 g/mol. The van der Waals surface area contributed by atoms with E-state index in [1.165, 1.54) is 24.2 Å². The maximum Gasteiger partial charge on any atom is 0.0312 e. The number of nitrogens with zero attached hydrogens (tertiary/aromatic N) is 1. The van der Waals surface area contributed by atoms with Gasteiger partial charge in [-0.15, -0.1) is 0 Å². The van der Waals surface area contributed by atoms with Crippen LogP contribution in [0.4, 0.5) is 0 Å². The Morgan fingerprint density at radius 2 is 2.46 bits per heavy atom. The van der Waals surface area contributed by atoms with Crippen LogP contribution in [0, 0.1) is 0 Å². The van der Waals surface area contributed by atoms with Gasteiger partial charge in [0.1, 0.15) is 0 Å². The molecule has 0 saturated carbocycles. The lowest BCUT2D eigenvalue weighted by atomic mass is 10.1. The molecular formula is C10H14N2S. The number of pyridine rings is 1. The fraction of sp³-hybridized carbons (Fsp3) is 0.500. The highest BCUT2D eigenvalue weighted by molar-refractivity contribution is 7.99. The Labute approximate surface area is 82.9 Å². The zero-order chi connectivity index (χ0) is 9.10. The van der Waals surface area contributed by atoms with Gasteiger partial charge in [0.05, 0.1) is 0 Å². The molecule has 0 aromatic carbocycles. The van der Waals surface area contributed by atoms with Gasteiger partial charge in [-0.25, -0.2) is 0 Å². The van der Waals surface area contributed by atoms with Gasteiger partial charge in [0.25, 0.3) is 0 Å². The van der Waals surface area contributed by atoms with Crippen molar-refractivity contribution in [2.45, 2.75) is 24.6 Å². The van der Waals surface area contributed by atoms with E-state index in [0.29, 0.717) is 11.8 Å². The van der Waals surface area contributed by atoms with Crippen LogP contribution in [-0.2, 0) is 6.54 Å². The average Bonchev–Trinajstić information content (AvgIpc) is 2.71. The van der Waals surface area contributed by atoms with Crippen LogP contribution in [0.2, 0.25) is 0 Å². The molecule has 70 valence electrons. The number of hydrogen-bond acceptors (Lipinski definition) is 3. The molecule has 1 aliphatic heterocycles. The van der Waals surface area contributed by atoms with Crippen LogP contribution >= 0.6 is 11.8 Å². The normalized spacial score (nSPS) is 22.1. The molecule has 0 aliphatic carbocycles. The summed E-state index contributed by atoms with van der Waals surface area (Å²) in [5.41, 5.74) is 8.07. The molecule has 0 radical (unpaired) electrons. The Kier molecular flexibility index (Phi) is 2.86. The lowest BCUT2D eigenvalue weighted by molar-refractivity contribution is 0.822. The van der Waals surface area contributed by atoms with E-state index in [2.05, 4.69) is 11.1 Å². The van der Waals surface area contributed by atoms with Crippen molar-refractivity contribution in [1.82, 2.24) is 4.98 Å². The lowest BCUT2D eigenvalue weighted by Gasteiger charge is -2.08. The molecule has 2 nitrogen and oxygen atoms in total. The first-order chi connectivity index (χ1) is 6.40. The number of nitrogens with two attached hydrogens (primary N) is 1. The Bertz CT molecular complexity index is 282. The topological polar surface area (TPSA) is 38.9 Å². The van der Waals surface area contributed by atoms with E-state index in [1.54, 1.807) is 0 Å². The van der Waals surface area contributed by atoms with E-state index >= 15 is 0 Å². The van der Waals surface area contributed by atoms with Crippen molar-refractivity contribution in [3.8, 4) is 0 Å². The minimum Gasteiger partial charge on any atom is -0.326 e. The highest BCUT2D eigenvalue weighted by Gasteiger charge is 2.17. The van der Waals surface area contributed by atoms with Crippen molar-refractivity contribution in [2.24, 2.45) is 5.73 Å². The van der Waals surface area contributed by atoms with Crippen LogP contribution in [0.3, 0.4) is 0 Å². The summed E-state index contributed by atoms with van der Waals surface area (Å²) in [6.45, 7) is 0.595. The van der Waals surface area contributed by atoms with Crippen molar-refractivity contribution in [2.75, 3.05) is 5.75 Å². The Hall–Kier alpha value is -0.540. The zero-order valence-electron chi connectivity index (χ0n) is 7.57. The number of thioether (sulfide) groups is 1. The van der Waals surface area contributed by atoms with Crippen LogP contribution in [0.15, 0.2) is 18.5 Å². The molecule has 1 unspecified atom stereocenters. The number of aromatic nitrogens is 1. The van der Waals surface area contributed by atoms with Gasteiger partial charge < -0.3 is 5.73 Å². The third-order valence-corrected chi connectivity index (χ3v) is 3.79. The van der Waals surface area contributed by atoms with Crippen molar-refractivity contribution in [1.29, 1.82) is 0 Å². The predicted octanol–water partition coefficient (Wildman–Crippen LogP) is 2.11. The average molecular weight is 194 g/mol. The standard InChI is InChI=1S/C10H14N2S/c11-5-8-4-9(7-12-6-8)10-2-1-3-13-10/h4,6-7,10H,1-3,5,11H2. The van der Waals surface area contributed by atoms with Gasteiger partial charge in [-0.05, 0) is 29.7 Å². The molecule has 13 heavy (non-hydrogen) atoms. The summed E-state index contributed by atoms with van der Waals surface area (Å²) >= 11 is 2.03. The Morgan fingerprint density at radius 3 is 3.15 bits per heavy atom. The maximum atomic E-state index is 5.57. The van der Waals surface area contributed by atoms with Gasteiger partial charge in [0.15, 0.2) is 0 Å². The molecule has 1 atom stereocenters. The molecule has 1 aliphatic rings. The zero-order valence-corrected chi connectivity index (χ0v) is 8.39. The minimum absolute atomic E-state index is 0.595. The highest BCUT2D eigenvalue weighted by atomic mass is 32.2. The first-order valence-corrected chi connectivity index (χ1v) is 5.70. The van der Waals surface area contributed by atoms with Crippen LogP contribution < -0.4 is 5.73 Å². The Morgan fingerprint density at radius 1 is 1.54 bits per heavy atom. The van der Waals surface area contributed by atoms with E-state index in [4.69, 9.17) is 5.73 Å². The number of rotatable bonds is 2. The molecule has 1 aromatic rings. The van der Waals surface area contributed by atoms with E-state index in [9.17, 15) is 0 Å². The molecule has 0 spiro atoms. The van der Waals surface area contributed by atoms with E-state index in [0.717, 1.165) is 5.56 Å². The van der Waals surface area contributed by atoms with Crippen molar-refractivity contribution < 1.29 is 0 Å². The summed E-state index contributed by atoms with van der Waals surface area (Å²) < 4.78 is 0. The van der Waals surface area contributed by atoms with Gasteiger partial charge in [-0.2, -0.15) is 11.8 Å². The van der Waals surface area contributed by atoms with Gasteiger partial charge in [0.2, 0.25) is 0 Å². The second-order valence-electron chi connectivity index (χ2n) is 3.33. The molecule has 2 heterocycles. The van der Waals surface area contributed by atoms with Crippen LogP contribution in [0.1, 0.15) is 29.2 Å². The van der Waals surface area contributed by atoms with Crippen LogP contribution in [0.25, 0.3) is 0 Å². The minimum atomic E-state index is 0.595. The fourth-order valence-corrected chi connectivity index (χ4v) is 2.91. The first kappa shape index (κ1) is 9.03. The van der Waals surface area contributed by atoms with Crippen LogP contribution in [-0.4, -0.2) is 10.7 Å². The van der Waals surface area contributed by atoms with E-state index in [1.807, 2.05) is 24.2 Å². The molecular weight excluding hydrogens is 180 g/mol. The van der Waals surface area contributed by atoms with E-state index < -0.39 is 0 Å². The largest absolute Gasteiger partial charge is 0.326 e. The molecule has 3 heteroatoms. The third-order valence-electron chi connectivity index (χ3n) is 2.35. The fourth-order valence-electron chi connectivity index (χ4n) is 1.64. The second-order valence-corrected chi connectivity index (χ2v) is 4.64. The lowest BCUT2D eigenvalue weighted by Crippen LogP contribution is -1.99. The summed E-state index contributed by atoms with van der Waals surface area (Å²) in [5.74, 6) is 1.29. The van der Waals surface area contributed by atoms with E-state index in [-0.39, 0.29) is 0 Å². The van der Waals surface area contributed by atoms with Gasteiger partial charge in [0, 0.05) is 24.2 Å². The van der Waals surface area contributed by atoms with Gasteiger partial charge >= 0.3 is 0 Å². The number of hydrogen-bond donors (Lipinski definition) is 1. The van der Waals surface area contributed by atoms with Crippen molar-refractivity contribution in [3.05, 3.63) is 29.6 Å². The smallest absolute Gasteiger partial charge is 0.0312 e. The highest BCUT2D eigenvalue weighted by Crippen LogP contribution is 2.39. The van der Waals surface area contributed by atoms with Crippen LogP contribution in [0.5, 0.6) is 0 Å². The van der Waals surface area contributed by atoms with Gasteiger partial charge in [-0.1, -0.05) is 6.07 Å². The molecule has 0 amide bonds. The first-order valence-electron chi connectivity index (χ1n) is 4.65. The molecule has 1 aromatic heterocycles. The van der Waals surface area contributed by atoms with Gasteiger partial charge in [-0.3, -0.25) is 4.98 Å². The quantitative estimate of drug-likeness (QED) is 0.783. The summed E-state index contributed by atoms with van der Waals surface area (Å²) in [6, 6.07) is 2.19. The maximum absolute atomic E-state index is 5.57. The summed E-state index contributed by atoms with van der Waals surface area (Å²) in [4.78, 5) is 4.21. The Balaban J connectivity index is 2.18. The summed E-state index contributed by atoms with van der Waals surface area (Å²) in [6.07, 6.45) is 6.45. The molecule has 1 fully saturated rings. The third kappa shape index (κ3) is 2.03. The molecule has 2 N–H and O–H groups in total. The summed E-state index contributed by atoms with van der Waals surface area (Å²) in [5, 5.41) is 0.666.